The first-order chi connectivity index (χ1) is 14.1. The summed E-state index contributed by atoms with van der Waals surface area (Å²) in [6.07, 6.45) is 0. The fraction of sp³-hybridized carbons (Fsp3) is 0.158. The predicted octanol–water partition coefficient (Wildman–Crippen LogP) is 4.47. The number of aromatic nitrogens is 5. The molecule has 4 rings (SSSR count). The first-order valence-electron chi connectivity index (χ1n) is 8.68. The van der Waals surface area contributed by atoms with Crippen LogP contribution in [0.1, 0.15) is 10.7 Å². The van der Waals surface area contributed by atoms with E-state index in [0.29, 0.717) is 10.2 Å². The molecule has 1 aromatic carbocycles. The maximum atomic E-state index is 12.0. The van der Waals surface area contributed by atoms with Gasteiger partial charge in [-0.1, -0.05) is 53.4 Å². The van der Waals surface area contributed by atoms with Crippen molar-refractivity contribution in [1.82, 2.24) is 25.4 Å². The fourth-order valence-corrected chi connectivity index (χ4v) is 4.76. The van der Waals surface area contributed by atoms with Crippen LogP contribution in [0.2, 0.25) is 0 Å². The third-order valence-electron chi connectivity index (χ3n) is 3.81. The predicted molar refractivity (Wildman–Crippen MR) is 117 cm³/mol. The Morgan fingerprint density at radius 2 is 1.83 bits per heavy atom. The Labute approximate surface area is 179 Å². The highest BCUT2D eigenvalue weighted by Gasteiger charge is 2.13. The molecule has 0 saturated carbocycles. The van der Waals surface area contributed by atoms with Gasteiger partial charge in [0, 0.05) is 5.56 Å². The van der Waals surface area contributed by atoms with E-state index in [4.69, 9.17) is 0 Å². The summed E-state index contributed by atoms with van der Waals surface area (Å²) >= 11 is 4.26. The standard InChI is InChI=1S/C19H16N6OS3/c1-11-17(29-18(20-11)13-6-4-3-5-7-13)14-8-9-16(24-23-14)27-10-15(26)21-19-25-22-12(2)28-19/h3-9H,10H2,1-2H3,(H,21,25,26). The molecule has 3 aromatic heterocycles. The topological polar surface area (TPSA) is 93.6 Å². The lowest BCUT2D eigenvalue weighted by atomic mass is 10.2. The van der Waals surface area contributed by atoms with Crippen LogP contribution in [0, 0.1) is 13.8 Å². The molecule has 29 heavy (non-hydrogen) atoms. The van der Waals surface area contributed by atoms with Crippen LogP contribution in [0.3, 0.4) is 0 Å². The minimum atomic E-state index is -0.150. The Morgan fingerprint density at radius 1 is 1.00 bits per heavy atom. The van der Waals surface area contributed by atoms with Gasteiger partial charge in [0.2, 0.25) is 11.0 Å². The number of carbonyl (C=O) groups is 1. The molecule has 0 radical (unpaired) electrons. The second-order valence-electron chi connectivity index (χ2n) is 6.02. The van der Waals surface area contributed by atoms with Gasteiger partial charge in [-0.25, -0.2) is 4.98 Å². The molecule has 146 valence electrons. The number of aryl methyl sites for hydroxylation is 2. The molecule has 4 aromatic rings. The summed E-state index contributed by atoms with van der Waals surface area (Å²) in [6, 6.07) is 13.9. The second-order valence-corrected chi connectivity index (χ2v) is 9.20. The normalized spacial score (nSPS) is 10.8. The van der Waals surface area contributed by atoms with Gasteiger partial charge in [0.25, 0.3) is 0 Å². The number of anilines is 1. The van der Waals surface area contributed by atoms with Crippen LogP contribution >= 0.6 is 34.4 Å². The van der Waals surface area contributed by atoms with Crippen molar-refractivity contribution < 1.29 is 4.79 Å². The molecular formula is C19H16N6OS3. The summed E-state index contributed by atoms with van der Waals surface area (Å²) in [5.41, 5.74) is 2.79. The molecule has 0 bridgehead atoms. The third-order valence-corrected chi connectivity index (χ3v) is 6.72. The summed E-state index contributed by atoms with van der Waals surface area (Å²) in [7, 11) is 0. The number of hydrogen-bond donors (Lipinski definition) is 1. The first-order valence-corrected chi connectivity index (χ1v) is 11.3. The summed E-state index contributed by atoms with van der Waals surface area (Å²) in [6.45, 7) is 3.81. The number of thioether (sulfide) groups is 1. The summed E-state index contributed by atoms with van der Waals surface area (Å²) < 4.78 is 0. The zero-order chi connectivity index (χ0) is 20.2. The quantitative estimate of drug-likeness (QED) is 0.442. The minimum absolute atomic E-state index is 0.150. The number of carbonyl (C=O) groups excluding carboxylic acids is 1. The lowest BCUT2D eigenvalue weighted by Crippen LogP contribution is -2.14. The van der Waals surface area contributed by atoms with Crippen LogP contribution in [-0.4, -0.2) is 37.0 Å². The Balaban J connectivity index is 1.40. The van der Waals surface area contributed by atoms with E-state index < -0.39 is 0 Å². The molecule has 1 N–H and O–H groups in total. The fourth-order valence-electron chi connectivity index (χ4n) is 2.50. The number of benzene rings is 1. The van der Waals surface area contributed by atoms with Crippen LogP contribution in [0.15, 0.2) is 47.5 Å². The summed E-state index contributed by atoms with van der Waals surface area (Å²) in [5.74, 6) is 0.0764. The number of nitrogens with zero attached hydrogens (tertiary/aromatic N) is 5. The van der Waals surface area contributed by atoms with Gasteiger partial charge in [-0.05, 0) is 26.0 Å². The zero-order valence-corrected chi connectivity index (χ0v) is 18.1. The van der Waals surface area contributed by atoms with Crippen LogP contribution in [-0.2, 0) is 4.79 Å². The van der Waals surface area contributed by atoms with Gasteiger partial charge < -0.3 is 0 Å². The lowest BCUT2D eigenvalue weighted by molar-refractivity contribution is -0.113. The maximum Gasteiger partial charge on any atom is 0.236 e. The Morgan fingerprint density at radius 3 is 2.52 bits per heavy atom. The molecular weight excluding hydrogens is 424 g/mol. The van der Waals surface area contributed by atoms with Crippen molar-refractivity contribution in [2.45, 2.75) is 18.9 Å². The van der Waals surface area contributed by atoms with Gasteiger partial charge in [0.05, 0.1) is 16.3 Å². The smallest absolute Gasteiger partial charge is 0.236 e. The van der Waals surface area contributed by atoms with Crippen molar-refractivity contribution in [2.24, 2.45) is 0 Å². The van der Waals surface area contributed by atoms with E-state index in [1.54, 1.807) is 11.3 Å². The average molecular weight is 441 g/mol. The Bertz CT molecular complexity index is 1120. The zero-order valence-electron chi connectivity index (χ0n) is 15.6. The molecule has 3 heterocycles. The van der Waals surface area contributed by atoms with Crippen molar-refractivity contribution in [2.75, 3.05) is 11.1 Å². The van der Waals surface area contributed by atoms with Crippen LogP contribution in [0.5, 0.6) is 0 Å². The number of nitrogens with one attached hydrogen (secondary N) is 1. The highest BCUT2D eigenvalue weighted by atomic mass is 32.2. The van der Waals surface area contributed by atoms with Crippen molar-refractivity contribution in [3.8, 4) is 21.1 Å². The SMILES string of the molecule is Cc1nnc(NC(=O)CSc2ccc(-c3sc(-c4ccccc4)nc3C)nn2)s1. The lowest BCUT2D eigenvalue weighted by Gasteiger charge is -2.02. The van der Waals surface area contributed by atoms with E-state index in [1.807, 2.05) is 56.3 Å². The second kappa shape index (κ2) is 8.76. The molecule has 0 spiro atoms. The van der Waals surface area contributed by atoms with E-state index in [1.165, 1.54) is 23.1 Å². The van der Waals surface area contributed by atoms with Gasteiger partial charge in [-0.3, -0.25) is 10.1 Å². The van der Waals surface area contributed by atoms with Gasteiger partial charge in [0.1, 0.15) is 20.7 Å². The highest BCUT2D eigenvalue weighted by molar-refractivity contribution is 7.99. The molecule has 0 aliphatic rings. The Kier molecular flexibility index (Phi) is 5.93. The van der Waals surface area contributed by atoms with Gasteiger partial charge in [0.15, 0.2) is 0 Å². The minimum Gasteiger partial charge on any atom is -0.300 e. The largest absolute Gasteiger partial charge is 0.300 e. The molecule has 0 unspecified atom stereocenters. The molecule has 0 saturated heterocycles. The molecule has 0 atom stereocenters. The molecule has 1 amide bonds. The number of rotatable bonds is 6. The molecule has 7 nitrogen and oxygen atoms in total. The van der Waals surface area contributed by atoms with Crippen molar-refractivity contribution in [1.29, 1.82) is 0 Å². The Hall–Kier alpha value is -2.69. The molecule has 10 heteroatoms. The number of hydrogen-bond acceptors (Lipinski definition) is 9. The number of thiazole rings is 1. The average Bonchev–Trinajstić information content (AvgIpc) is 3.33. The van der Waals surface area contributed by atoms with E-state index >= 15 is 0 Å². The highest BCUT2D eigenvalue weighted by Crippen LogP contribution is 2.34. The maximum absolute atomic E-state index is 12.0. The van der Waals surface area contributed by atoms with E-state index in [9.17, 15) is 4.79 Å². The third kappa shape index (κ3) is 4.84. The van der Waals surface area contributed by atoms with Gasteiger partial charge >= 0.3 is 0 Å². The summed E-state index contributed by atoms with van der Waals surface area (Å²) in [4.78, 5) is 17.7. The van der Waals surface area contributed by atoms with Crippen molar-refractivity contribution in [3.05, 3.63) is 53.2 Å². The van der Waals surface area contributed by atoms with Crippen LogP contribution < -0.4 is 5.32 Å². The van der Waals surface area contributed by atoms with E-state index in [2.05, 4.69) is 30.7 Å². The first kappa shape index (κ1) is 19.6. The number of amides is 1. The van der Waals surface area contributed by atoms with Crippen molar-refractivity contribution >= 4 is 45.5 Å². The van der Waals surface area contributed by atoms with E-state index in [-0.39, 0.29) is 11.7 Å². The van der Waals surface area contributed by atoms with Crippen LogP contribution in [0.4, 0.5) is 5.13 Å². The van der Waals surface area contributed by atoms with Gasteiger partial charge in [-0.15, -0.1) is 31.7 Å². The monoisotopic (exact) mass is 440 g/mol. The summed E-state index contributed by atoms with van der Waals surface area (Å²) in [5, 5.41) is 22.0. The van der Waals surface area contributed by atoms with E-state index in [0.717, 1.165) is 31.8 Å². The van der Waals surface area contributed by atoms with Gasteiger partial charge in [-0.2, -0.15) is 0 Å². The molecule has 0 aliphatic carbocycles. The van der Waals surface area contributed by atoms with Crippen LogP contribution in [0.25, 0.3) is 21.1 Å². The van der Waals surface area contributed by atoms with Crippen molar-refractivity contribution in [3.63, 3.8) is 0 Å². The molecule has 0 aliphatic heterocycles. The molecule has 0 fully saturated rings.